The number of hydrogen-bond donors (Lipinski definition) is 2. The van der Waals surface area contributed by atoms with Crippen LogP contribution >= 0.6 is 11.6 Å². The number of likely N-dealkylation sites (N-methyl/N-ethyl adjacent to an activating group) is 1. The molecule has 0 radical (unpaired) electrons. The predicted octanol–water partition coefficient (Wildman–Crippen LogP) is 2.32. The highest BCUT2D eigenvalue weighted by Crippen LogP contribution is 2.19. The van der Waals surface area contributed by atoms with Gasteiger partial charge in [0.2, 0.25) is 0 Å². The van der Waals surface area contributed by atoms with Crippen LogP contribution in [0.3, 0.4) is 0 Å². The number of carbonyl (C=O) groups is 1. The molecule has 7 heteroatoms. The lowest BCUT2D eigenvalue weighted by Gasteiger charge is -2.20. The number of benzene rings is 1. The van der Waals surface area contributed by atoms with Crippen LogP contribution in [0.5, 0.6) is 0 Å². The van der Waals surface area contributed by atoms with E-state index in [1.54, 1.807) is 0 Å². The molecule has 1 aliphatic rings. The topological polar surface area (TPSA) is 53.6 Å². The van der Waals surface area contributed by atoms with Crippen molar-refractivity contribution in [3.63, 3.8) is 0 Å². The van der Waals surface area contributed by atoms with Gasteiger partial charge in [-0.15, -0.1) is 0 Å². The lowest BCUT2D eigenvalue weighted by Crippen LogP contribution is -2.45. The molecule has 2 atom stereocenters. The van der Waals surface area contributed by atoms with E-state index in [9.17, 15) is 9.18 Å². The van der Waals surface area contributed by atoms with E-state index in [1.165, 1.54) is 12.1 Å². The minimum atomic E-state index is -0.567. The number of nitrogens with zero attached hydrogens (tertiary/aromatic N) is 1. The molecular weight excluding hydrogens is 297 g/mol. The summed E-state index contributed by atoms with van der Waals surface area (Å²) >= 11 is 5.67. The summed E-state index contributed by atoms with van der Waals surface area (Å²) in [5, 5.41) is 5.59. The molecule has 5 nitrogen and oxygen atoms in total. The second-order valence-corrected chi connectivity index (χ2v) is 5.48. The first-order chi connectivity index (χ1) is 9.99. The first kappa shape index (κ1) is 16.0. The molecule has 2 N–H and O–H groups in total. The second kappa shape index (κ2) is 7.06. The summed E-state index contributed by atoms with van der Waals surface area (Å²) < 4.78 is 19.2. The van der Waals surface area contributed by atoms with E-state index >= 15 is 0 Å². The normalized spacial score (nSPS) is 22.3. The van der Waals surface area contributed by atoms with Gasteiger partial charge in [-0.1, -0.05) is 11.6 Å². The number of urea groups is 1. The molecule has 1 aromatic carbocycles. The fraction of sp³-hybridized carbons (Fsp3) is 0.500. The van der Waals surface area contributed by atoms with Crippen molar-refractivity contribution in [2.45, 2.75) is 19.1 Å². The molecule has 0 aliphatic carbocycles. The molecule has 1 heterocycles. The van der Waals surface area contributed by atoms with E-state index in [2.05, 4.69) is 15.5 Å². The molecule has 1 fully saturated rings. The lowest BCUT2D eigenvalue weighted by atomic mass is 10.2. The number of rotatable bonds is 4. The first-order valence-corrected chi connectivity index (χ1v) is 7.20. The highest BCUT2D eigenvalue weighted by Gasteiger charge is 2.32. The van der Waals surface area contributed by atoms with Gasteiger partial charge < -0.3 is 20.3 Å². The minimum absolute atomic E-state index is 0.0548. The van der Waals surface area contributed by atoms with Gasteiger partial charge in [0.25, 0.3) is 0 Å². The summed E-state index contributed by atoms with van der Waals surface area (Å²) in [6, 6.07) is 3.53. The third-order valence-corrected chi connectivity index (χ3v) is 3.56. The number of carbonyl (C=O) groups excluding carboxylic acids is 1. The number of anilines is 1. The molecule has 2 amide bonds. The van der Waals surface area contributed by atoms with Crippen LogP contribution in [0.15, 0.2) is 18.2 Å². The maximum atomic E-state index is 13.6. The van der Waals surface area contributed by atoms with E-state index in [0.717, 1.165) is 12.6 Å². The van der Waals surface area contributed by atoms with Gasteiger partial charge in [0, 0.05) is 24.7 Å². The maximum Gasteiger partial charge on any atom is 0.319 e. The fourth-order valence-electron chi connectivity index (χ4n) is 2.40. The quantitative estimate of drug-likeness (QED) is 0.896. The zero-order chi connectivity index (χ0) is 15.4. The zero-order valence-corrected chi connectivity index (χ0v) is 12.8. The number of halogens is 2. The molecule has 0 saturated carbocycles. The van der Waals surface area contributed by atoms with Crippen LogP contribution in [0.4, 0.5) is 14.9 Å². The molecule has 116 valence electrons. The van der Waals surface area contributed by atoms with Crippen molar-refractivity contribution >= 4 is 23.3 Å². The van der Waals surface area contributed by atoms with Crippen LogP contribution in [0.25, 0.3) is 0 Å². The average Bonchev–Trinajstić information content (AvgIpc) is 2.73. The van der Waals surface area contributed by atoms with E-state index < -0.39 is 11.8 Å². The molecular formula is C14H19ClFN3O2. The smallest absolute Gasteiger partial charge is 0.319 e. The molecule has 21 heavy (non-hydrogen) atoms. The molecule has 2 rings (SSSR count). The van der Waals surface area contributed by atoms with Gasteiger partial charge in [-0.25, -0.2) is 9.18 Å². The Morgan fingerprint density at radius 2 is 2.29 bits per heavy atom. The minimum Gasteiger partial charge on any atom is -0.375 e. The standard InChI is InChI=1S/C14H19ClFN3O2/c1-3-21-13-8-19(2)7-12(13)18-14(20)17-11-5-4-9(15)6-10(11)16/h4-6,12-13H,3,7-8H2,1-2H3,(H2,17,18,20)/t12-,13-/m0/s1. The summed E-state index contributed by atoms with van der Waals surface area (Å²) in [4.78, 5) is 14.0. The van der Waals surface area contributed by atoms with Gasteiger partial charge in [-0.3, -0.25) is 0 Å². The Labute approximate surface area is 128 Å². The van der Waals surface area contributed by atoms with Crippen LogP contribution in [0.1, 0.15) is 6.92 Å². The molecule has 1 saturated heterocycles. The molecule has 1 aromatic rings. The Morgan fingerprint density at radius 1 is 1.52 bits per heavy atom. The van der Waals surface area contributed by atoms with E-state index in [-0.39, 0.29) is 22.9 Å². The summed E-state index contributed by atoms with van der Waals surface area (Å²) in [7, 11) is 1.96. The van der Waals surface area contributed by atoms with Crippen molar-refractivity contribution in [1.82, 2.24) is 10.2 Å². The zero-order valence-electron chi connectivity index (χ0n) is 12.0. The maximum absolute atomic E-state index is 13.6. The van der Waals surface area contributed by atoms with Crippen LogP contribution in [0, 0.1) is 5.82 Å². The first-order valence-electron chi connectivity index (χ1n) is 6.82. The summed E-state index contributed by atoms with van der Waals surface area (Å²) in [5.74, 6) is -0.567. The van der Waals surface area contributed by atoms with Gasteiger partial charge in [-0.2, -0.15) is 0 Å². The van der Waals surface area contributed by atoms with Crippen molar-refractivity contribution in [2.75, 3.05) is 32.1 Å². The third-order valence-electron chi connectivity index (χ3n) is 3.33. The number of amides is 2. The molecule has 0 unspecified atom stereocenters. The van der Waals surface area contributed by atoms with Gasteiger partial charge in [0.05, 0.1) is 17.8 Å². The predicted molar refractivity (Wildman–Crippen MR) is 80.3 cm³/mol. The van der Waals surface area contributed by atoms with Crippen molar-refractivity contribution < 1.29 is 13.9 Å². The van der Waals surface area contributed by atoms with Gasteiger partial charge in [0.15, 0.2) is 0 Å². The Kier molecular flexibility index (Phi) is 5.39. The summed E-state index contributed by atoms with van der Waals surface area (Å²) in [5.41, 5.74) is 0.0937. The van der Waals surface area contributed by atoms with Crippen LogP contribution in [-0.4, -0.2) is 49.8 Å². The van der Waals surface area contributed by atoms with Crippen molar-refractivity contribution in [2.24, 2.45) is 0 Å². The van der Waals surface area contributed by atoms with Crippen LogP contribution in [0.2, 0.25) is 5.02 Å². The highest BCUT2D eigenvalue weighted by molar-refractivity contribution is 6.30. The van der Waals surface area contributed by atoms with Crippen LogP contribution < -0.4 is 10.6 Å². The number of nitrogens with one attached hydrogen (secondary N) is 2. The second-order valence-electron chi connectivity index (χ2n) is 5.04. The molecule has 0 aromatic heterocycles. The van der Waals surface area contributed by atoms with Crippen molar-refractivity contribution in [1.29, 1.82) is 0 Å². The Morgan fingerprint density at radius 3 is 2.95 bits per heavy atom. The fourth-order valence-corrected chi connectivity index (χ4v) is 2.56. The monoisotopic (exact) mass is 315 g/mol. The van der Waals surface area contributed by atoms with Crippen molar-refractivity contribution in [3.8, 4) is 0 Å². The van der Waals surface area contributed by atoms with E-state index in [1.807, 2.05) is 14.0 Å². The number of ether oxygens (including phenoxy) is 1. The molecule has 0 bridgehead atoms. The van der Waals surface area contributed by atoms with Crippen LogP contribution in [-0.2, 0) is 4.74 Å². The summed E-state index contributed by atoms with van der Waals surface area (Å²) in [6.45, 7) is 3.96. The average molecular weight is 316 g/mol. The molecule has 1 aliphatic heterocycles. The largest absolute Gasteiger partial charge is 0.375 e. The lowest BCUT2D eigenvalue weighted by molar-refractivity contribution is 0.0568. The van der Waals surface area contributed by atoms with E-state index in [4.69, 9.17) is 16.3 Å². The van der Waals surface area contributed by atoms with Gasteiger partial charge >= 0.3 is 6.03 Å². The highest BCUT2D eigenvalue weighted by atomic mass is 35.5. The third kappa shape index (κ3) is 4.30. The molecule has 0 spiro atoms. The number of likely N-dealkylation sites (tertiary alicyclic amines) is 1. The van der Waals surface area contributed by atoms with Gasteiger partial charge in [0.1, 0.15) is 5.82 Å². The number of hydrogen-bond acceptors (Lipinski definition) is 3. The Balaban J connectivity index is 1.94. The van der Waals surface area contributed by atoms with Crippen molar-refractivity contribution in [3.05, 3.63) is 29.0 Å². The summed E-state index contributed by atoms with van der Waals surface area (Å²) in [6.07, 6.45) is -0.0548. The Bertz CT molecular complexity index is 515. The SMILES string of the molecule is CCO[C@H]1CN(C)C[C@@H]1NC(=O)Nc1ccc(Cl)cc1F. The van der Waals surface area contributed by atoms with E-state index in [0.29, 0.717) is 13.2 Å². The van der Waals surface area contributed by atoms with Gasteiger partial charge in [-0.05, 0) is 32.2 Å². The Hall–Kier alpha value is -1.37.